The number of likely N-dealkylation sites (tertiary alicyclic amines) is 1. The van der Waals surface area contributed by atoms with Crippen LogP contribution in [0.1, 0.15) is 35.6 Å². The number of amides is 1. The molecule has 1 amide bonds. The van der Waals surface area contributed by atoms with Crippen molar-refractivity contribution in [1.29, 1.82) is 5.41 Å². The first-order valence-corrected chi connectivity index (χ1v) is 11.5. The molecule has 0 spiro atoms. The van der Waals surface area contributed by atoms with Crippen LogP contribution in [0, 0.1) is 5.41 Å². The molecule has 2 aromatic carbocycles. The van der Waals surface area contributed by atoms with Gasteiger partial charge in [-0.15, -0.1) is 0 Å². The normalized spacial score (nSPS) is 16.1. The zero-order chi connectivity index (χ0) is 22.1. The standard InChI is InChI=1S/C24H24N4O3S/c25-19-5-4-17(12-18(19)22(26)15-3-6-20-21(11-15)31-14-30-20)27-24(29)23(16-7-10-32-13-16)28-8-1-2-9-28/h3-7,10-13,23,26H,1-2,8-9,14,25H2,(H,27,29). The fourth-order valence-corrected chi connectivity index (χ4v) is 4.91. The highest BCUT2D eigenvalue weighted by Gasteiger charge is 2.30. The molecule has 3 heterocycles. The minimum atomic E-state index is -0.321. The number of carbonyl (C=O) groups is 1. The Kier molecular flexibility index (Phi) is 5.55. The Hall–Kier alpha value is -3.36. The molecule has 0 radical (unpaired) electrons. The Morgan fingerprint density at radius 1 is 1.09 bits per heavy atom. The van der Waals surface area contributed by atoms with Crippen molar-refractivity contribution in [1.82, 2.24) is 4.90 Å². The number of carbonyl (C=O) groups excluding carboxylic acids is 1. The summed E-state index contributed by atoms with van der Waals surface area (Å²) >= 11 is 1.59. The van der Waals surface area contributed by atoms with Crippen LogP contribution in [0.15, 0.2) is 53.2 Å². The van der Waals surface area contributed by atoms with Crippen molar-refractivity contribution in [2.24, 2.45) is 0 Å². The van der Waals surface area contributed by atoms with Crippen LogP contribution in [0.4, 0.5) is 11.4 Å². The lowest BCUT2D eigenvalue weighted by Crippen LogP contribution is -2.35. The fraction of sp³-hybridized carbons (Fsp3) is 0.250. The summed E-state index contributed by atoms with van der Waals surface area (Å²) in [4.78, 5) is 15.5. The highest BCUT2D eigenvalue weighted by molar-refractivity contribution is 7.08. The van der Waals surface area contributed by atoms with Gasteiger partial charge in [0.15, 0.2) is 11.5 Å². The molecule has 5 rings (SSSR count). The molecule has 2 aliphatic heterocycles. The van der Waals surface area contributed by atoms with Crippen LogP contribution in [0.25, 0.3) is 0 Å². The molecule has 0 saturated carbocycles. The maximum atomic E-state index is 13.3. The van der Waals surface area contributed by atoms with E-state index in [-0.39, 0.29) is 24.5 Å². The Morgan fingerprint density at radius 3 is 2.69 bits per heavy atom. The summed E-state index contributed by atoms with van der Waals surface area (Å²) in [6.07, 6.45) is 2.21. The number of nitrogen functional groups attached to an aromatic ring is 1. The van der Waals surface area contributed by atoms with Gasteiger partial charge in [-0.2, -0.15) is 11.3 Å². The van der Waals surface area contributed by atoms with Crippen molar-refractivity contribution in [3.63, 3.8) is 0 Å². The van der Waals surface area contributed by atoms with Gasteiger partial charge in [0.25, 0.3) is 0 Å². The third-order valence-electron chi connectivity index (χ3n) is 5.86. The molecule has 1 atom stereocenters. The summed E-state index contributed by atoms with van der Waals surface area (Å²) < 4.78 is 10.8. The van der Waals surface area contributed by atoms with Gasteiger partial charge in [-0.05, 0) is 84.7 Å². The number of nitrogens with one attached hydrogen (secondary N) is 2. The molecule has 2 aliphatic rings. The van der Waals surface area contributed by atoms with E-state index in [9.17, 15) is 4.79 Å². The molecule has 1 unspecified atom stereocenters. The second-order valence-corrected chi connectivity index (χ2v) is 8.72. The zero-order valence-electron chi connectivity index (χ0n) is 17.5. The van der Waals surface area contributed by atoms with Gasteiger partial charge in [0.05, 0.1) is 5.71 Å². The van der Waals surface area contributed by atoms with Gasteiger partial charge in [-0.3, -0.25) is 15.1 Å². The summed E-state index contributed by atoms with van der Waals surface area (Å²) in [5, 5.41) is 15.8. The molecule has 7 nitrogen and oxygen atoms in total. The first-order valence-electron chi connectivity index (χ1n) is 10.6. The van der Waals surface area contributed by atoms with E-state index in [0.29, 0.717) is 34.0 Å². The molecule has 1 aromatic heterocycles. The summed E-state index contributed by atoms with van der Waals surface area (Å²) in [6, 6.07) is 12.3. The second kappa shape index (κ2) is 8.64. The van der Waals surface area contributed by atoms with Crippen molar-refractivity contribution in [2.75, 3.05) is 30.9 Å². The van der Waals surface area contributed by atoms with E-state index in [2.05, 4.69) is 10.2 Å². The number of anilines is 2. The Bertz CT molecular complexity index is 1160. The molecule has 0 bridgehead atoms. The van der Waals surface area contributed by atoms with Crippen molar-refractivity contribution >= 4 is 34.3 Å². The third kappa shape index (κ3) is 3.94. The Balaban J connectivity index is 1.39. The molecule has 8 heteroatoms. The van der Waals surface area contributed by atoms with Crippen LogP contribution in [-0.4, -0.2) is 36.4 Å². The molecule has 1 saturated heterocycles. The molecule has 4 N–H and O–H groups in total. The Labute approximate surface area is 190 Å². The van der Waals surface area contributed by atoms with E-state index in [1.54, 1.807) is 47.7 Å². The van der Waals surface area contributed by atoms with Crippen molar-refractivity contribution in [3.05, 3.63) is 69.9 Å². The van der Waals surface area contributed by atoms with Gasteiger partial charge in [0.2, 0.25) is 12.7 Å². The monoisotopic (exact) mass is 448 g/mol. The molecule has 1 fully saturated rings. The van der Waals surface area contributed by atoms with E-state index in [1.165, 1.54) is 0 Å². The summed E-state index contributed by atoms with van der Waals surface area (Å²) in [7, 11) is 0. The van der Waals surface area contributed by atoms with E-state index >= 15 is 0 Å². The largest absolute Gasteiger partial charge is 0.454 e. The lowest BCUT2D eigenvalue weighted by Gasteiger charge is -2.26. The van der Waals surface area contributed by atoms with E-state index in [4.69, 9.17) is 20.6 Å². The maximum absolute atomic E-state index is 13.3. The number of nitrogens with zero attached hydrogens (tertiary/aromatic N) is 1. The van der Waals surface area contributed by atoms with Crippen LogP contribution in [0.3, 0.4) is 0 Å². The predicted molar refractivity (Wildman–Crippen MR) is 126 cm³/mol. The highest BCUT2D eigenvalue weighted by Crippen LogP contribution is 2.34. The predicted octanol–water partition coefficient (Wildman–Crippen LogP) is 4.25. The van der Waals surface area contributed by atoms with Crippen LogP contribution in [0.2, 0.25) is 0 Å². The van der Waals surface area contributed by atoms with Gasteiger partial charge >= 0.3 is 0 Å². The van der Waals surface area contributed by atoms with Gasteiger partial charge in [0.1, 0.15) is 6.04 Å². The SMILES string of the molecule is N=C(c1ccc2c(c1)OCO2)c1cc(NC(=O)C(c2ccsc2)N2CCCC2)ccc1N. The van der Waals surface area contributed by atoms with Crippen LogP contribution in [-0.2, 0) is 4.79 Å². The first kappa shape index (κ1) is 20.5. The van der Waals surface area contributed by atoms with Gasteiger partial charge in [-0.25, -0.2) is 0 Å². The Morgan fingerprint density at radius 2 is 1.91 bits per heavy atom. The number of thiophene rings is 1. The average Bonchev–Trinajstić information content (AvgIpc) is 3.57. The van der Waals surface area contributed by atoms with E-state index in [1.807, 2.05) is 16.8 Å². The quantitative estimate of drug-likeness (QED) is 0.387. The average molecular weight is 449 g/mol. The highest BCUT2D eigenvalue weighted by atomic mass is 32.1. The maximum Gasteiger partial charge on any atom is 0.246 e. The third-order valence-corrected chi connectivity index (χ3v) is 6.57. The van der Waals surface area contributed by atoms with Crippen LogP contribution in [0.5, 0.6) is 11.5 Å². The summed E-state index contributed by atoms with van der Waals surface area (Å²) in [5.74, 6) is 1.20. The number of ether oxygens (including phenoxy) is 2. The van der Waals surface area contributed by atoms with Gasteiger partial charge in [0, 0.05) is 22.5 Å². The molecule has 32 heavy (non-hydrogen) atoms. The minimum Gasteiger partial charge on any atom is -0.454 e. The number of fused-ring (bicyclic) bond motifs is 1. The summed E-state index contributed by atoms with van der Waals surface area (Å²) in [5.41, 5.74) is 9.76. The number of rotatable bonds is 6. The molecule has 164 valence electrons. The minimum absolute atomic E-state index is 0.0735. The lowest BCUT2D eigenvalue weighted by atomic mass is 9.99. The summed E-state index contributed by atoms with van der Waals surface area (Å²) in [6.45, 7) is 2.00. The number of nitrogens with two attached hydrogens (primary N) is 1. The van der Waals surface area contributed by atoms with Gasteiger partial charge in [-0.1, -0.05) is 0 Å². The number of benzene rings is 2. The zero-order valence-corrected chi connectivity index (χ0v) is 18.3. The van der Waals surface area contributed by atoms with Crippen molar-refractivity contribution in [2.45, 2.75) is 18.9 Å². The number of hydrogen-bond donors (Lipinski definition) is 3. The fourth-order valence-electron chi connectivity index (χ4n) is 4.23. The van der Waals surface area contributed by atoms with E-state index < -0.39 is 0 Å². The molecule has 3 aromatic rings. The molecular weight excluding hydrogens is 424 g/mol. The molecular formula is C24H24N4O3S. The van der Waals surface area contributed by atoms with Crippen molar-refractivity contribution in [3.8, 4) is 11.5 Å². The second-order valence-electron chi connectivity index (χ2n) is 7.94. The van der Waals surface area contributed by atoms with Crippen LogP contribution < -0.4 is 20.5 Å². The topological polar surface area (TPSA) is 101 Å². The lowest BCUT2D eigenvalue weighted by molar-refractivity contribution is -0.121. The molecule has 0 aliphatic carbocycles. The van der Waals surface area contributed by atoms with Crippen molar-refractivity contribution < 1.29 is 14.3 Å². The van der Waals surface area contributed by atoms with Crippen LogP contribution >= 0.6 is 11.3 Å². The van der Waals surface area contributed by atoms with E-state index in [0.717, 1.165) is 31.5 Å². The smallest absolute Gasteiger partial charge is 0.246 e. The van der Waals surface area contributed by atoms with Gasteiger partial charge < -0.3 is 20.5 Å². The first-order chi connectivity index (χ1) is 15.6. The number of hydrogen-bond acceptors (Lipinski definition) is 7.